The zero-order valence-electron chi connectivity index (χ0n) is 13.0. The van der Waals surface area contributed by atoms with Gasteiger partial charge in [0.25, 0.3) is 0 Å². The summed E-state index contributed by atoms with van der Waals surface area (Å²) in [5, 5.41) is 20.9. The van der Waals surface area contributed by atoms with Gasteiger partial charge in [-0.15, -0.1) is 0 Å². The third kappa shape index (κ3) is 15.2. The molecule has 0 amide bonds. The molecule has 0 bridgehead atoms. The predicted molar refractivity (Wildman–Crippen MR) is 60.7 cm³/mol. The minimum atomic E-state index is -1.54. The van der Waals surface area contributed by atoms with Crippen LogP contribution in [0, 0.1) is 11.3 Å². The summed E-state index contributed by atoms with van der Waals surface area (Å²) in [5.41, 5.74) is 0.318. The molecule has 0 unspecified atom stereocenters. The minimum Gasteiger partial charge on any atom is -0.549 e. The Balaban J connectivity index is -0.00000128. The van der Waals surface area contributed by atoms with E-state index in [1.54, 1.807) is 0 Å². The van der Waals surface area contributed by atoms with Gasteiger partial charge in [-0.25, -0.2) is 0 Å². The fourth-order valence-electron chi connectivity index (χ4n) is 1.69. The summed E-state index contributed by atoms with van der Waals surface area (Å²) in [6.45, 7) is 6.53. The van der Waals surface area contributed by atoms with E-state index in [0.717, 1.165) is 25.7 Å². The van der Waals surface area contributed by atoms with Crippen molar-refractivity contribution in [2.45, 2.75) is 59.3 Å². The molecule has 0 aromatic carbocycles. The molecule has 0 aliphatic rings. The van der Waals surface area contributed by atoms with Gasteiger partial charge in [0.1, 0.15) is 0 Å². The molecule has 4 nitrogen and oxygen atoms in total. The fraction of sp³-hybridized carbons (Fsp3) is 0.846. The summed E-state index contributed by atoms with van der Waals surface area (Å²) in [5.74, 6) is -4.54. The SMILES string of the molecule is CC(C)(C)CCCCCCC(C(=O)[O-])C(=O)[O-].[Na+].[Na+]. The predicted octanol–water partition coefficient (Wildman–Crippen LogP) is -5.50. The van der Waals surface area contributed by atoms with Crippen LogP contribution in [0.25, 0.3) is 0 Å². The topological polar surface area (TPSA) is 80.3 Å². The molecular weight excluding hydrogens is 266 g/mol. The van der Waals surface area contributed by atoms with Crippen LogP contribution in [0.4, 0.5) is 0 Å². The largest absolute Gasteiger partial charge is 1.00 e. The molecule has 0 saturated heterocycles. The van der Waals surface area contributed by atoms with Gasteiger partial charge in [-0.2, -0.15) is 0 Å². The molecule has 19 heavy (non-hydrogen) atoms. The van der Waals surface area contributed by atoms with Crippen LogP contribution in [0.1, 0.15) is 59.3 Å². The zero-order valence-corrected chi connectivity index (χ0v) is 17.0. The third-order valence-corrected chi connectivity index (χ3v) is 2.74. The van der Waals surface area contributed by atoms with Gasteiger partial charge >= 0.3 is 59.1 Å². The van der Waals surface area contributed by atoms with Gasteiger partial charge in [-0.05, 0) is 18.3 Å². The molecule has 0 saturated carbocycles. The first-order chi connectivity index (χ1) is 7.74. The third-order valence-electron chi connectivity index (χ3n) is 2.74. The molecule has 0 N–H and O–H groups in total. The fourth-order valence-corrected chi connectivity index (χ4v) is 1.69. The van der Waals surface area contributed by atoms with Gasteiger partial charge in [0, 0.05) is 5.92 Å². The van der Waals surface area contributed by atoms with Gasteiger partial charge in [-0.3, -0.25) is 0 Å². The monoisotopic (exact) mass is 288 g/mol. The van der Waals surface area contributed by atoms with Crippen LogP contribution in [-0.2, 0) is 9.59 Å². The van der Waals surface area contributed by atoms with Crippen molar-refractivity contribution in [2.24, 2.45) is 11.3 Å². The van der Waals surface area contributed by atoms with Crippen LogP contribution < -0.4 is 69.3 Å². The smallest absolute Gasteiger partial charge is 0.549 e. The molecule has 100 valence electrons. The Morgan fingerprint density at radius 3 is 1.68 bits per heavy atom. The van der Waals surface area contributed by atoms with E-state index >= 15 is 0 Å². The van der Waals surface area contributed by atoms with Gasteiger partial charge in [0.15, 0.2) is 0 Å². The van der Waals surface area contributed by atoms with Crippen molar-refractivity contribution in [3.05, 3.63) is 0 Å². The van der Waals surface area contributed by atoms with Crippen LogP contribution in [0.5, 0.6) is 0 Å². The first kappa shape index (κ1) is 24.9. The number of carbonyl (C=O) groups is 2. The minimum absolute atomic E-state index is 0. The maximum Gasteiger partial charge on any atom is 1.00 e. The molecule has 0 aliphatic carbocycles. The first-order valence-electron chi connectivity index (χ1n) is 6.16. The second-order valence-corrected chi connectivity index (χ2v) is 5.70. The molecule has 0 heterocycles. The molecular formula is C13H22Na2O4. The van der Waals surface area contributed by atoms with Gasteiger partial charge in [0.2, 0.25) is 0 Å². The van der Waals surface area contributed by atoms with E-state index < -0.39 is 17.9 Å². The van der Waals surface area contributed by atoms with Crippen molar-refractivity contribution in [1.82, 2.24) is 0 Å². The Labute approximate surface area is 160 Å². The number of carboxylic acids is 2. The van der Waals surface area contributed by atoms with Gasteiger partial charge in [0.05, 0.1) is 11.9 Å². The van der Waals surface area contributed by atoms with Gasteiger partial charge < -0.3 is 19.8 Å². The number of rotatable bonds is 8. The standard InChI is InChI=1S/C13H24O4.2Na/c1-13(2,3)9-7-5-4-6-8-10(11(14)15)12(16)17;;/h10H,4-9H2,1-3H3,(H,14,15)(H,16,17);;/q;2*+1/p-2. The quantitative estimate of drug-likeness (QED) is 0.253. The zero-order chi connectivity index (χ0) is 13.5. The van der Waals surface area contributed by atoms with Gasteiger partial charge in [-0.1, -0.05) is 46.5 Å². The van der Waals surface area contributed by atoms with Crippen LogP contribution in [0.15, 0.2) is 0 Å². The Morgan fingerprint density at radius 2 is 1.32 bits per heavy atom. The number of carbonyl (C=O) groups excluding carboxylic acids is 2. The molecule has 0 rings (SSSR count). The van der Waals surface area contributed by atoms with Crippen LogP contribution in [0.2, 0.25) is 0 Å². The second-order valence-electron chi connectivity index (χ2n) is 5.70. The summed E-state index contributed by atoms with van der Waals surface area (Å²) in [6.07, 6.45) is 4.77. The van der Waals surface area contributed by atoms with E-state index in [1.165, 1.54) is 0 Å². The molecule has 0 aliphatic heterocycles. The van der Waals surface area contributed by atoms with Crippen LogP contribution in [0.3, 0.4) is 0 Å². The number of carboxylic acid groups (broad SMARTS) is 2. The van der Waals surface area contributed by atoms with Crippen molar-refractivity contribution < 1.29 is 78.9 Å². The molecule has 0 aromatic heterocycles. The molecule has 0 radical (unpaired) electrons. The number of hydrogen-bond acceptors (Lipinski definition) is 4. The molecule has 0 aromatic rings. The molecule has 6 heteroatoms. The van der Waals surface area contributed by atoms with E-state index in [1.807, 2.05) is 0 Å². The number of unbranched alkanes of at least 4 members (excludes halogenated alkanes) is 3. The average molecular weight is 288 g/mol. The maximum atomic E-state index is 10.5. The summed E-state index contributed by atoms with van der Waals surface area (Å²) < 4.78 is 0. The van der Waals surface area contributed by atoms with E-state index in [4.69, 9.17) is 0 Å². The summed E-state index contributed by atoms with van der Waals surface area (Å²) in [4.78, 5) is 20.9. The van der Waals surface area contributed by atoms with Crippen molar-refractivity contribution in [1.29, 1.82) is 0 Å². The Kier molecular flexibility index (Phi) is 16.6. The molecule has 0 spiro atoms. The molecule has 0 atom stereocenters. The maximum absolute atomic E-state index is 10.5. The molecule has 0 fully saturated rings. The van der Waals surface area contributed by atoms with E-state index in [2.05, 4.69) is 20.8 Å². The van der Waals surface area contributed by atoms with Crippen molar-refractivity contribution in [3.8, 4) is 0 Å². The Morgan fingerprint density at radius 1 is 0.895 bits per heavy atom. The van der Waals surface area contributed by atoms with Crippen LogP contribution >= 0.6 is 0 Å². The number of aliphatic carboxylic acids is 2. The van der Waals surface area contributed by atoms with E-state index in [-0.39, 0.29) is 65.5 Å². The summed E-state index contributed by atoms with van der Waals surface area (Å²) in [6, 6.07) is 0. The number of hydrogen-bond donors (Lipinski definition) is 0. The van der Waals surface area contributed by atoms with E-state index in [9.17, 15) is 19.8 Å². The second kappa shape index (κ2) is 12.7. The summed E-state index contributed by atoms with van der Waals surface area (Å²) >= 11 is 0. The van der Waals surface area contributed by atoms with Crippen molar-refractivity contribution >= 4 is 11.9 Å². The van der Waals surface area contributed by atoms with Crippen molar-refractivity contribution in [2.75, 3.05) is 0 Å². The van der Waals surface area contributed by atoms with Crippen LogP contribution in [-0.4, -0.2) is 11.9 Å². The Hall–Kier alpha value is 0.940. The Bertz CT molecular complexity index is 248. The van der Waals surface area contributed by atoms with E-state index in [0.29, 0.717) is 11.8 Å². The average Bonchev–Trinajstić information content (AvgIpc) is 2.13. The van der Waals surface area contributed by atoms with Crippen molar-refractivity contribution in [3.63, 3.8) is 0 Å². The first-order valence-corrected chi connectivity index (χ1v) is 6.16. The summed E-state index contributed by atoms with van der Waals surface area (Å²) in [7, 11) is 0. The normalized spacial score (nSPS) is 10.5.